The van der Waals surface area contributed by atoms with Crippen molar-refractivity contribution in [3.8, 4) is 0 Å². The Balaban J connectivity index is 4.26. The lowest BCUT2D eigenvalue weighted by Gasteiger charge is -2.23. The summed E-state index contributed by atoms with van der Waals surface area (Å²) in [5, 5.41) is 2.56. The molecule has 0 bridgehead atoms. The van der Waals surface area contributed by atoms with Crippen LogP contribution in [0.15, 0.2) is 0 Å². The highest BCUT2D eigenvalue weighted by Gasteiger charge is 2.19. The predicted molar refractivity (Wildman–Crippen MR) is 76.2 cm³/mol. The van der Waals surface area contributed by atoms with Crippen LogP contribution in [-0.2, 0) is 19.1 Å². The molecule has 0 aliphatic heterocycles. The van der Waals surface area contributed by atoms with E-state index < -0.39 is 6.04 Å². The molecule has 0 saturated carbocycles. The molecule has 0 unspecified atom stereocenters. The number of rotatable bonds is 10. The molecule has 0 aromatic carbocycles. The lowest BCUT2D eigenvalue weighted by Crippen LogP contribution is -2.48. The minimum atomic E-state index is -0.603. The summed E-state index contributed by atoms with van der Waals surface area (Å²) in [6.45, 7) is 5.46. The molecule has 0 aromatic rings. The molecule has 0 aliphatic carbocycles. The third-order valence-electron chi connectivity index (χ3n) is 2.92. The zero-order valence-electron chi connectivity index (χ0n) is 12.8. The topological polar surface area (TPSA) is 93.9 Å². The first-order chi connectivity index (χ1) is 9.43. The number of amides is 2. The quantitative estimate of drug-likeness (QED) is 0.549. The second-order valence-electron chi connectivity index (χ2n) is 4.85. The first-order valence-corrected chi connectivity index (χ1v) is 6.73. The summed E-state index contributed by atoms with van der Waals surface area (Å²) in [6.07, 6.45) is 0. The van der Waals surface area contributed by atoms with Crippen LogP contribution in [0.3, 0.4) is 0 Å². The minimum absolute atomic E-state index is 0.0307. The fraction of sp³-hybridized carbons (Fsp3) is 0.846. The maximum atomic E-state index is 12.0. The Morgan fingerprint density at radius 1 is 1.15 bits per heavy atom. The molecule has 0 radical (unpaired) electrons. The molecule has 7 nitrogen and oxygen atoms in total. The lowest BCUT2D eigenvalue weighted by atomic mass is 10.1. The Hall–Kier alpha value is -1.18. The molecule has 2 amide bonds. The largest absolute Gasteiger partial charge is 0.383 e. The van der Waals surface area contributed by atoms with Gasteiger partial charge in [-0.25, -0.2) is 0 Å². The molecule has 0 aliphatic rings. The van der Waals surface area contributed by atoms with E-state index in [1.165, 1.54) is 0 Å². The number of methoxy groups -OCH3 is 2. The average molecular weight is 289 g/mol. The maximum absolute atomic E-state index is 12.0. The predicted octanol–water partition coefficient (Wildman–Crippen LogP) is -0.793. The summed E-state index contributed by atoms with van der Waals surface area (Å²) in [7, 11) is 3.14. The first-order valence-electron chi connectivity index (χ1n) is 6.73. The molecule has 0 heterocycles. The van der Waals surface area contributed by atoms with E-state index in [0.29, 0.717) is 26.3 Å². The van der Waals surface area contributed by atoms with E-state index in [4.69, 9.17) is 15.2 Å². The van der Waals surface area contributed by atoms with Crippen LogP contribution in [0.5, 0.6) is 0 Å². The van der Waals surface area contributed by atoms with E-state index in [2.05, 4.69) is 5.32 Å². The van der Waals surface area contributed by atoms with Crippen LogP contribution in [-0.4, -0.2) is 69.8 Å². The van der Waals surface area contributed by atoms with Crippen LogP contribution in [0.25, 0.3) is 0 Å². The number of ether oxygens (including phenoxy) is 2. The molecule has 118 valence electrons. The van der Waals surface area contributed by atoms with Gasteiger partial charge < -0.3 is 25.4 Å². The van der Waals surface area contributed by atoms with Crippen molar-refractivity contribution >= 4 is 11.8 Å². The highest BCUT2D eigenvalue weighted by molar-refractivity contribution is 5.87. The summed E-state index contributed by atoms with van der Waals surface area (Å²) in [4.78, 5) is 25.3. The van der Waals surface area contributed by atoms with E-state index in [9.17, 15) is 9.59 Å². The van der Waals surface area contributed by atoms with Crippen LogP contribution in [0.1, 0.15) is 13.8 Å². The van der Waals surface area contributed by atoms with Crippen LogP contribution < -0.4 is 11.1 Å². The van der Waals surface area contributed by atoms with Gasteiger partial charge in [0.15, 0.2) is 0 Å². The number of nitrogens with two attached hydrogens (primary N) is 1. The Morgan fingerprint density at radius 3 is 2.05 bits per heavy atom. The SMILES string of the molecule is COCCN(CCOC)C(=O)CNC(=O)[C@@H](N)C(C)C. The number of nitrogens with zero attached hydrogens (tertiary/aromatic N) is 1. The molecular formula is C13H27N3O4. The Labute approximate surface area is 120 Å². The molecule has 0 aromatic heterocycles. The van der Waals surface area contributed by atoms with Crippen LogP contribution in [0.4, 0.5) is 0 Å². The molecular weight excluding hydrogens is 262 g/mol. The zero-order chi connectivity index (χ0) is 15.5. The standard InChI is InChI=1S/C13H27N3O4/c1-10(2)12(14)13(18)15-9-11(17)16(5-7-19-3)6-8-20-4/h10,12H,5-9,14H2,1-4H3,(H,15,18)/t12-/m0/s1. The Kier molecular flexibility index (Phi) is 9.96. The van der Waals surface area contributed by atoms with Crippen LogP contribution in [0, 0.1) is 5.92 Å². The molecule has 7 heteroatoms. The van der Waals surface area contributed by atoms with Gasteiger partial charge >= 0.3 is 0 Å². The molecule has 3 N–H and O–H groups in total. The van der Waals surface area contributed by atoms with Gasteiger partial charge in [-0.1, -0.05) is 13.8 Å². The molecule has 20 heavy (non-hydrogen) atoms. The molecule has 0 spiro atoms. The summed E-state index contributed by atoms with van der Waals surface area (Å²) in [5.74, 6) is -0.460. The van der Waals surface area contributed by atoms with Crippen molar-refractivity contribution in [2.75, 3.05) is 47.1 Å². The fourth-order valence-corrected chi connectivity index (χ4v) is 1.46. The van der Waals surface area contributed by atoms with E-state index >= 15 is 0 Å². The van der Waals surface area contributed by atoms with Gasteiger partial charge in [-0.15, -0.1) is 0 Å². The molecule has 0 fully saturated rings. The van der Waals surface area contributed by atoms with Gasteiger partial charge in [-0.3, -0.25) is 9.59 Å². The maximum Gasteiger partial charge on any atom is 0.242 e. The summed E-state index contributed by atoms with van der Waals surface area (Å²) in [5.41, 5.74) is 5.71. The van der Waals surface area contributed by atoms with Gasteiger partial charge in [0.05, 0.1) is 25.8 Å². The second-order valence-corrected chi connectivity index (χ2v) is 4.85. The van der Waals surface area contributed by atoms with E-state index in [1.807, 2.05) is 13.8 Å². The number of hydrogen-bond acceptors (Lipinski definition) is 5. The van der Waals surface area contributed by atoms with Crippen molar-refractivity contribution in [3.63, 3.8) is 0 Å². The summed E-state index contributed by atoms with van der Waals surface area (Å²) < 4.78 is 9.91. The second kappa shape index (κ2) is 10.6. The van der Waals surface area contributed by atoms with Gasteiger partial charge in [-0.05, 0) is 5.92 Å². The molecule has 0 rings (SSSR count). The minimum Gasteiger partial charge on any atom is -0.383 e. The lowest BCUT2D eigenvalue weighted by molar-refractivity contribution is -0.134. The summed E-state index contributed by atoms with van der Waals surface area (Å²) >= 11 is 0. The number of hydrogen-bond donors (Lipinski definition) is 2. The van der Waals surface area contributed by atoms with Crippen molar-refractivity contribution in [3.05, 3.63) is 0 Å². The van der Waals surface area contributed by atoms with Crippen molar-refractivity contribution in [1.29, 1.82) is 0 Å². The normalized spacial score (nSPS) is 12.3. The number of carbonyl (C=O) groups excluding carboxylic acids is 2. The van der Waals surface area contributed by atoms with Gasteiger partial charge in [0.1, 0.15) is 0 Å². The zero-order valence-corrected chi connectivity index (χ0v) is 12.8. The van der Waals surface area contributed by atoms with Gasteiger partial charge in [0.2, 0.25) is 11.8 Å². The van der Waals surface area contributed by atoms with E-state index in [1.54, 1.807) is 19.1 Å². The van der Waals surface area contributed by atoms with Crippen molar-refractivity contribution in [1.82, 2.24) is 10.2 Å². The summed E-state index contributed by atoms with van der Waals surface area (Å²) in [6, 6.07) is -0.603. The number of nitrogens with one attached hydrogen (secondary N) is 1. The monoisotopic (exact) mass is 289 g/mol. The highest BCUT2D eigenvalue weighted by Crippen LogP contribution is 1.98. The van der Waals surface area contributed by atoms with Gasteiger partial charge in [0.25, 0.3) is 0 Å². The third-order valence-corrected chi connectivity index (χ3v) is 2.92. The van der Waals surface area contributed by atoms with Crippen molar-refractivity contribution in [2.45, 2.75) is 19.9 Å². The van der Waals surface area contributed by atoms with Crippen LogP contribution in [0.2, 0.25) is 0 Å². The Bertz CT molecular complexity index is 289. The van der Waals surface area contributed by atoms with Gasteiger partial charge in [0, 0.05) is 27.3 Å². The third kappa shape index (κ3) is 7.42. The van der Waals surface area contributed by atoms with Crippen LogP contribution >= 0.6 is 0 Å². The smallest absolute Gasteiger partial charge is 0.242 e. The van der Waals surface area contributed by atoms with Gasteiger partial charge in [-0.2, -0.15) is 0 Å². The van der Waals surface area contributed by atoms with E-state index in [-0.39, 0.29) is 24.3 Å². The Morgan fingerprint density at radius 2 is 1.65 bits per heavy atom. The molecule has 1 atom stereocenters. The van der Waals surface area contributed by atoms with Crippen molar-refractivity contribution < 1.29 is 19.1 Å². The van der Waals surface area contributed by atoms with E-state index in [0.717, 1.165) is 0 Å². The fourth-order valence-electron chi connectivity index (χ4n) is 1.46. The first kappa shape index (κ1) is 18.8. The number of carbonyl (C=O) groups is 2. The highest BCUT2D eigenvalue weighted by atomic mass is 16.5. The van der Waals surface area contributed by atoms with Crippen molar-refractivity contribution in [2.24, 2.45) is 11.7 Å². The molecule has 0 saturated heterocycles. The average Bonchev–Trinajstić information content (AvgIpc) is 2.43.